The normalized spacial score (nSPS) is 11.2. The molecule has 2 aromatic rings. The van der Waals surface area contributed by atoms with Crippen molar-refractivity contribution in [2.45, 2.75) is 32.6 Å². The summed E-state index contributed by atoms with van der Waals surface area (Å²) in [7, 11) is 1.63. The number of azo groups is 1. The molecule has 0 fully saturated rings. The van der Waals surface area contributed by atoms with Gasteiger partial charge < -0.3 is 11.1 Å². The van der Waals surface area contributed by atoms with Crippen LogP contribution in [0.1, 0.15) is 32.6 Å². The van der Waals surface area contributed by atoms with Gasteiger partial charge in [0.25, 0.3) is 0 Å². The molecule has 0 spiro atoms. The molecule has 0 aliphatic carbocycles. The first-order valence-electron chi connectivity index (χ1n) is 8.30. The molecule has 0 aliphatic rings. The number of benzene rings is 1. The first kappa shape index (κ1) is 18.9. The van der Waals surface area contributed by atoms with E-state index in [2.05, 4.69) is 27.5 Å². The van der Waals surface area contributed by atoms with Crippen molar-refractivity contribution < 1.29 is 0 Å². The Bertz CT molecular complexity index is 785. The number of nitrogens with zero attached hydrogens (tertiary/aromatic N) is 4. The summed E-state index contributed by atoms with van der Waals surface area (Å²) >= 11 is 5.86. The van der Waals surface area contributed by atoms with Crippen LogP contribution in [0.25, 0.3) is 0 Å². The molecule has 1 aromatic carbocycles. The highest BCUT2D eigenvalue weighted by atomic mass is 35.5. The van der Waals surface area contributed by atoms with Gasteiger partial charge in [0.15, 0.2) is 11.5 Å². The Labute approximate surface area is 151 Å². The maximum absolute atomic E-state index is 11.9. The molecule has 0 unspecified atom stereocenters. The Morgan fingerprint density at radius 1 is 1.20 bits per heavy atom. The lowest BCUT2D eigenvalue weighted by Crippen LogP contribution is -2.24. The molecule has 0 amide bonds. The standard InChI is InChI=1S/C17H23ClN6O/c1-3-4-5-6-11-20-16-14(15(19)21-17(25)24(16)2)23-22-13-9-7-12(18)8-10-13/h7-10,20H,3-6,11H2,1-2H3,(H2,19,21,25). The van der Waals surface area contributed by atoms with E-state index in [1.165, 1.54) is 17.4 Å². The number of nitrogens with two attached hydrogens (primary N) is 1. The second kappa shape index (κ2) is 9.17. The van der Waals surface area contributed by atoms with Gasteiger partial charge in [0.2, 0.25) is 0 Å². The van der Waals surface area contributed by atoms with E-state index in [9.17, 15) is 4.79 Å². The van der Waals surface area contributed by atoms with E-state index >= 15 is 0 Å². The highest BCUT2D eigenvalue weighted by Gasteiger charge is 2.13. The number of nitrogens with one attached hydrogen (secondary N) is 1. The minimum atomic E-state index is -0.431. The average Bonchev–Trinajstić information content (AvgIpc) is 2.59. The molecule has 1 aromatic heterocycles. The van der Waals surface area contributed by atoms with E-state index in [4.69, 9.17) is 17.3 Å². The first-order valence-corrected chi connectivity index (χ1v) is 8.68. The maximum Gasteiger partial charge on any atom is 0.350 e. The fraction of sp³-hybridized carbons (Fsp3) is 0.412. The highest BCUT2D eigenvalue weighted by molar-refractivity contribution is 6.30. The van der Waals surface area contributed by atoms with Crippen LogP contribution in [-0.4, -0.2) is 16.1 Å². The van der Waals surface area contributed by atoms with Crippen LogP contribution < -0.4 is 16.7 Å². The number of halogens is 1. The van der Waals surface area contributed by atoms with Gasteiger partial charge in [-0.3, -0.25) is 4.57 Å². The van der Waals surface area contributed by atoms with E-state index in [-0.39, 0.29) is 5.82 Å². The average molecular weight is 363 g/mol. The summed E-state index contributed by atoms with van der Waals surface area (Å²) in [5, 5.41) is 12.2. The van der Waals surface area contributed by atoms with Crippen LogP contribution in [0.15, 0.2) is 39.3 Å². The predicted molar refractivity (Wildman–Crippen MR) is 102 cm³/mol. The number of unbranched alkanes of at least 4 members (excludes halogenated alkanes) is 3. The minimum Gasteiger partial charge on any atom is -0.382 e. The number of rotatable bonds is 8. The SMILES string of the molecule is CCCCCCNc1c(N=Nc2ccc(Cl)cc2)c(N)nc(=O)n1C. The van der Waals surface area contributed by atoms with Crippen LogP contribution in [0.2, 0.25) is 5.02 Å². The molecule has 0 bridgehead atoms. The van der Waals surface area contributed by atoms with E-state index in [0.29, 0.717) is 22.2 Å². The fourth-order valence-corrected chi connectivity index (χ4v) is 2.41. The second-order valence-electron chi connectivity index (χ2n) is 5.70. The number of hydrogen-bond donors (Lipinski definition) is 2. The molecule has 0 radical (unpaired) electrons. The van der Waals surface area contributed by atoms with Crippen molar-refractivity contribution in [3.8, 4) is 0 Å². The molecule has 7 nitrogen and oxygen atoms in total. The maximum atomic E-state index is 11.9. The molecule has 0 atom stereocenters. The lowest BCUT2D eigenvalue weighted by Gasteiger charge is -2.13. The minimum absolute atomic E-state index is 0.0527. The van der Waals surface area contributed by atoms with Crippen LogP contribution in [0.5, 0.6) is 0 Å². The van der Waals surface area contributed by atoms with Crippen molar-refractivity contribution in [2.75, 3.05) is 17.6 Å². The summed E-state index contributed by atoms with van der Waals surface area (Å²) < 4.78 is 1.40. The molecular formula is C17H23ClN6O. The van der Waals surface area contributed by atoms with Crippen molar-refractivity contribution in [1.82, 2.24) is 9.55 Å². The van der Waals surface area contributed by atoms with Gasteiger partial charge in [-0.2, -0.15) is 10.1 Å². The van der Waals surface area contributed by atoms with E-state index < -0.39 is 5.69 Å². The summed E-state index contributed by atoms with van der Waals surface area (Å²) in [5.41, 5.74) is 6.45. The van der Waals surface area contributed by atoms with Crippen molar-refractivity contribution >= 4 is 34.6 Å². The summed E-state index contributed by atoms with van der Waals surface area (Å²) in [6.45, 7) is 2.89. The monoisotopic (exact) mass is 362 g/mol. The molecule has 2 rings (SSSR count). The first-order chi connectivity index (χ1) is 12.0. The summed E-state index contributed by atoms with van der Waals surface area (Å²) in [4.78, 5) is 15.7. The Hall–Kier alpha value is -2.41. The molecular weight excluding hydrogens is 340 g/mol. The third kappa shape index (κ3) is 5.29. The van der Waals surface area contributed by atoms with Crippen LogP contribution >= 0.6 is 11.6 Å². The van der Waals surface area contributed by atoms with Crippen LogP contribution in [0.4, 0.5) is 23.0 Å². The molecule has 0 saturated heterocycles. The molecule has 8 heteroatoms. The zero-order chi connectivity index (χ0) is 18.2. The Kier molecular flexibility index (Phi) is 6.94. The molecule has 1 heterocycles. The smallest absolute Gasteiger partial charge is 0.350 e. The largest absolute Gasteiger partial charge is 0.382 e. The van der Waals surface area contributed by atoms with Gasteiger partial charge in [0.1, 0.15) is 5.82 Å². The topological polar surface area (TPSA) is 97.7 Å². The lowest BCUT2D eigenvalue weighted by molar-refractivity contribution is 0.681. The second-order valence-corrected chi connectivity index (χ2v) is 6.14. The zero-order valence-electron chi connectivity index (χ0n) is 14.5. The lowest BCUT2D eigenvalue weighted by atomic mass is 10.2. The van der Waals surface area contributed by atoms with Gasteiger partial charge in [-0.05, 0) is 30.7 Å². The molecule has 0 saturated carbocycles. The number of hydrogen-bond acceptors (Lipinski definition) is 6. The van der Waals surface area contributed by atoms with E-state index in [0.717, 1.165) is 19.4 Å². The molecule has 134 valence electrons. The Morgan fingerprint density at radius 3 is 2.60 bits per heavy atom. The van der Waals surface area contributed by atoms with Gasteiger partial charge in [0.05, 0.1) is 5.69 Å². The van der Waals surface area contributed by atoms with Crippen molar-refractivity contribution in [3.05, 3.63) is 39.8 Å². The van der Waals surface area contributed by atoms with E-state index in [1.54, 1.807) is 31.3 Å². The van der Waals surface area contributed by atoms with Crippen molar-refractivity contribution in [2.24, 2.45) is 17.3 Å². The van der Waals surface area contributed by atoms with Gasteiger partial charge in [-0.15, -0.1) is 5.11 Å². The van der Waals surface area contributed by atoms with E-state index in [1.807, 2.05) is 0 Å². The Balaban J connectivity index is 2.24. The third-order valence-electron chi connectivity index (χ3n) is 3.72. The fourth-order valence-electron chi connectivity index (χ4n) is 2.28. The Morgan fingerprint density at radius 2 is 1.92 bits per heavy atom. The zero-order valence-corrected chi connectivity index (χ0v) is 15.3. The van der Waals surface area contributed by atoms with Gasteiger partial charge in [0, 0.05) is 18.6 Å². The van der Waals surface area contributed by atoms with Crippen molar-refractivity contribution in [3.63, 3.8) is 0 Å². The third-order valence-corrected chi connectivity index (χ3v) is 3.97. The highest BCUT2D eigenvalue weighted by Crippen LogP contribution is 2.30. The van der Waals surface area contributed by atoms with Crippen LogP contribution in [-0.2, 0) is 7.05 Å². The predicted octanol–water partition coefficient (Wildman–Crippen LogP) is 4.42. The van der Waals surface area contributed by atoms with Gasteiger partial charge in [-0.25, -0.2) is 4.79 Å². The summed E-state index contributed by atoms with van der Waals surface area (Å²) in [6.07, 6.45) is 4.47. The van der Waals surface area contributed by atoms with Crippen LogP contribution in [0, 0.1) is 0 Å². The molecule has 25 heavy (non-hydrogen) atoms. The van der Waals surface area contributed by atoms with Gasteiger partial charge in [-0.1, -0.05) is 37.8 Å². The van der Waals surface area contributed by atoms with Crippen LogP contribution in [0.3, 0.4) is 0 Å². The number of aromatic nitrogens is 2. The number of nitrogen functional groups attached to an aromatic ring is 1. The van der Waals surface area contributed by atoms with Gasteiger partial charge >= 0.3 is 5.69 Å². The quantitative estimate of drug-likeness (QED) is 0.536. The number of anilines is 2. The summed E-state index contributed by atoms with van der Waals surface area (Å²) in [6, 6.07) is 6.95. The summed E-state index contributed by atoms with van der Waals surface area (Å²) in [5.74, 6) is 0.573. The molecule has 0 aliphatic heterocycles. The molecule has 3 N–H and O–H groups in total. The van der Waals surface area contributed by atoms with Crippen molar-refractivity contribution in [1.29, 1.82) is 0 Å².